The van der Waals surface area contributed by atoms with Gasteiger partial charge in [0.2, 0.25) is 12.7 Å². The van der Waals surface area contributed by atoms with E-state index in [2.05, 4.69) is 27.2 Å². The van der Waals surface area contributed by atoms with E-state index in [0.717, 1.165) is 63.6 Å². The van der Waals surface area contributed by atoms with Crippen LogP contribution in [0.25, 0.3) is 0 Å². The molecule has 0 atom stereocenters. The zero-order valence-electron chi connectivity index (χ0n) is 15.4. The lowest BCUT2D eigenvalue weighted by Gasteiger charge is -2.34. The minimum Gasteiger partial charge on any atom is -0.454 e. The number of carbonyl (C=O) groups is 1. The van der Waals surface area contributed by atoms with E-state index in [9.17, 15) is 4.79 Å². The van der Waals surface area contributed by atoms with Crippen LogP contribution in [0.1, 0.15) is 37.7 Å². The summed E-state index contributed by atoms with van der Waals surface area (Å²) >= 11 is 0. The van der Waals surface area contributed by atoms with Crippen molar-refractivity contribution in [2.75, 3.05) is 39.5 Å². The maximum absolute atomic E-state index is 12.1. The smallest absolute Gasteiger partial charge is 0.231 e. The number of fused-ring (bicyclic) bond motifs is 1. The molecule has 6 heteroatoms. The van der Waals surface area contributed by atoms with Crippen LogP contribution < -0.4 is 14.8 Å². The van der Waals surface area contributed by atoms with Gasteiger partial charge >= 0.3 is 0 Å². The lowest BCUT2D eigenvalue weighted by Crippen LogP contribution is -2.47. The van der Waals surface area contributed by atoms with E-state index in [-0.39, 0.29) is 5.91 Å². The molecule has 26 heavy (non-hydrogen) atoms. The van der Waals surface area contributed by atoms with Crippen LogP contribution in [0.4, 0.5) is 0 Å². The molecule has 4 rings (SSSR count). The van der Waals surface area contributed by atoms with Gasteiger partial charge in [0.05, 0.1) is 0 Å². The standard InChI is InChI=1S/C20H29N3O3/c24-20(21-17-3-1-2-4-17)7-8-22-9-11-23(12-10-22)14-16-5-6-18-19(13-16)26-15-25-18/h5-6,13,17H,1-4,7-12,14-15H2,(H,21,24). The van der Waals surface area contributed by atoms with Crippen molar-refractivity contribution in [3.63, 3.8) is 0 Å². The summed E-state index contributed by atoms with van der Waals surface area (Å²) in [7, 11) is 0. The van der Waals surface area contributed by atoms with Gasteiger partial charge in [-0.1, -0.05) is 18.9 Å². The van der Waals surface area contributed by atoms with Crippen molar-refractivity contribution in [2.45, 2.75) is 44.7 Å². The molecule has 1 saturated carbocycles. The molecule has 1 aliphatic carbocycles. The highest BCUT2D eigenvalue weighted by atomic mass is 16.7. The Hall–Kier alpha value is -1.79. The number of amides is 1. The van der Waals surface area contributed by atoms with Gasteiger partial charge in [0, 0.05) is 51.7 Å². The first-order valence-corrected chi connectivity index (χ1v) is 9.89. The van der Waals surface area contributed by atoms with Gasteiger partial charge in [-0.15, -0.1) is 0 Å². The number of hydrogen-bond donors (Lipinski definition) is 1. The molecule has 0 aromatic heterocycles. The van der Waals surface area contributed by atoms with Crippen LogP contribution in [0.3, 0.4) is 0 Å². The summed E-state index contributed by atoms with van der Waals surface area (Å²) in [4.78, 5) is 16.9. The topological polar surface area (TPSA) is 54.0 Å². The van der Waals surface area contributed by atoms with Crippen LogP contribution in [0.15, 0.2) is 18.2 Å². The molecule has 2 heterocycles. The van der Waals surface area contributed by atoms with Gasteiger partial charge in [-0.2, -0.15) is 0 Å². The summed E-state index contributed by atoms with van der Waals surface area (Å²) in [6, 6.07) is 6.63. The average Bonchev–Trinajstić information content (AvgIpc) is 3.32. The molecule has 0 unspecified atom stereocenters. The Balaban J connectivity index is 1.16. The summed E-state index contributed by atoms with van der Waals surface area (Å²) in [6.07, 6.45) is 5.46. The minimum atomic E-state index is 0.222. The fourth-order valence-electron chi connectivity index (χ4n) is 4.10. The summed E-state index contributed by atoms with van der Waals surface area (Å²) < 4.78 is 10.8. The maximum atomic E-state index is 12.1. The molecule has 1 N–H and O–H groups in total. The van der Waals surface area contributed by atoms with E-state index in [1.165, 1.54) is 18.4 Å². The Morgan fingerprint density at radius 1 is 1.04 bits per heavy atom. The molecule has 3 aliphatic rings. The predicted molar refractivity (Wildman–Crippen MR) is 99.3 cm³/mol. The molecule has 1 aromatic carbocycles. The molecule has 142 valence electrons. The van der Waals surface area contributed by atoms with Crippen LogP contribution in [-0.4, -0.2) is 61.3 Å². The Bertz CT molecular complexity index is 623. The van der Waals surface area contributed by atoms with Gasteiger partial charge in [-0.25, -0.2) is 0 Å². The molecule has 0 spiro atoms. The van der Waals surface area contributed by atoms with Crippen LogP contribution in [-0.2, 0) is 11.3 Å². The third-order valence-corrected chi connectivity index (χ3v) is 5.68. The monoisotopic (exact) mass is 359 g/mol. The van der Waals surface area contributed by atoms with E-state index in [1.807, 2.05) is 6.07 Å². The van der Waals surface area contributed by atoms with Crippen molar-refractivity contribution in [3.05, 3.63) is 23.8 Å². The van der Waals surface area contributed by atoms with Gasteiger partial charge in [0.25, 0.3) is 0 Å². The summed E-state index contributed by atoms with van der Waals surface area (Å²) in [5, 5.41) is 3.18. The first-order valence-electron chi connectivity index (χ1n) is 9.89. The Kier molecular flexibility index (Phi) is 5.60. The number of ether oxygens (including phenoxy) is 2. The fraction of sp³-hybridized carbons (Fsp3) is 0.650. The Morgan fingerprint density at radius 2 is 1.77 bits per heavy atom. The average molecular weight is 359 g/mol. The maximum Gasteiger partial charge on any atom is 0.231 e. The number of piperazine rings is 1. The first-order chi connectivity index (χ1) is 12.8. The molecule has 0 radical (unpaired) electrons. The molecular weight excluding hydrogens is 330 g/mol. The van der Waals surface area contributed by atoms with Crippen LogP contribution in [0.5, 0.6) is 11.5 Å². The summed E-state index contributed by atoms with van der Waals surface area (Å²) in [5.74, 6) is 1.92. The number of nitrogens with zero attached hydrogens (tertiary/aromatic N) is 2. The van der Waals surface area contributed by atoms with Crippen molar-refractivity contribution < 1.29 is 14.3 Å². The third kappa shape index (κ3) is 4.48. The van der Waals surface area contributed by atoms with Crippen LogP contribution >= 0.6 is 0 Å². The van der Waals surface area contributed by atoms with Crippen LogP contribution in [0, 0.1) is 0 Å². The first kappa shape index (κ1) is 17.6. The Labute approximate surface area is 155 Å². The molecule has 6 nitrogen and oxygen atoms in total. The van der Waals surface area contributed by atoms with Gasteiger partial charge in [0.1, 0.15) is 0 Å². The third-order valence-electron chi connectivity index (χ3n) is 5.68. The lowest BCUT2D eigenvalue weighted by molar-refractivity contribution is -0.122. The van der Waals surface area contributed by atoms with Crippen molar-refractivity contribution >= 4 is 5.91 Å². The molecule has 1 saturated heterocycles. The second-order valence-electron chi connectivity index (χ2n) is 7.60. The Morgan fingerprint density at radius 3 is 2.58 bits per heavy atom. The van der Waals surface area contributed by atoms with E-state index in [0.29, 0.717) is 19.3 Å². The van der Waals surface area contributed by atoms with Crippen molar-refractivity contribution in [1.29, 1.82) is 0 Å². The van der Waals surface area contributed by atoms with Crippen LogP contribution in [0.2, 0.25) is 0 Å². The zero-order valence-corrected chi connectivity index (χ0v) is 15.4. The quantitative estimate of drug-likeness (QED) is 0.842. The lowest BCUT2D eigenvalue weighted by atomic mass is 10.1. The highest BCUT2D eigenvalue weighted by Gasteiger charge is 2.21. The van der Waals surface area contributed by atoms with Gasteiger partial charge in [-0.3, -0.25) is 9.69 Å². The van der Waals surface area contributed by atoms with Crippen molar-refractivity contribution in [3.8, 4) is 11.5 Å². The second kappa shape index (κ2) is 8.27. The van der Waals surface area contributed by atoms with Crippen molar-refractivity contribution in [2.24, 2.45) is 0 Å². The molecule has 1 aromatic rings. The molecule has 2 aliphatic heterocycles. The van der Waals surface area contributed by atoms with E-state index in [4.69, 9.17) is 9.47 Å². The van der Waals surface area contributed by atoms with Gasteiger partial charge < -0.3 is 19.7 Å². The highest BCUT2D eigenvalue weighted by molar-refractivity contribution is 5.76. The van der Waals surface area contributed by atoms with E-state index < -0.39 is 0 Å². The van der Waals surface area contributed by atoms with E-state index in [1.54, 1.807) is 0 Å². The second-order valence-corrected chi connectivity index (χ2v) is 7.60. The normalized spacial score (nSPS) is 21.2. The predicted octanol–water partition coefficient (Wildman–Crippen LogP) is 1.98. The largest absolute Gasteiger partial charge is 0.454 e. The minimum absolute atomic E-state index is 0.222. The number of nitrogens with one attached hydrogen (secondary N) is 1. The fourth-order valence-corrected chi connectivity index (χ4v) is 4.10. The summed E-state index contributed by atoms with van der Waals surface area (Å²) in [6.45, 7) is 6.27. The molecule has 2 fully saturated rings. The SMILES string of the molecule is O=C(CCN1CCN(Cc2ccc3c(c2)OCO3)CC1)NC1CCCC1. The van der Waals surface area contributed by atoms with Crippen molar-refractivity contribution in [1.82, 2.24) is 15.1 Å². The zero-order chi connectivity index (χ0) is 17.8. The van der Waals surface area contributed by atoms with Gasteiger partial charge in [-0.05, 0) is 30.5 Å². The number of rotatable bonds is 6. The number of carbonyl (C=O) groups excluding carboxylic acids is 1. The van der Waals surface area contributed by atoms with E-state index >= 15 is 0 Å². The highest BCUT2D eigenvalue weighted by Crippen LogP contribution is 2.32. The van der Waals surface area contributed by atoms with Gasteiger partial charge in [0.15, 0.2) is 11.5 Å². The summed E-state index contributed by atoms with van der Waals surface area (Å²) in [5.41, 5.74) is 1.26. The molecular formula is C20H29N3O3. The number of benzene rings is 1. The molecule has 1 amide bonds. The molecule has 0 bridgehead atoms. The number of hydrogen-bond acceptors (Lipinski definition) is 5.